The fraction of sp³-hybridized carbons (Fsp3) is 0.257. The van der Waals surface area contributed by atoms with E-state index in [1.807, 2.05) is 30.3 Å². The normalized spacial score (nSPS) is 14.1. The third kappa shape index (κ3) is 5.54. The Morgan fingerprint density at radius 3 is 2.41 bits per heavy atom. The van der Waals surface area contributed by atoms with E-state index >= 15 is 0 Å². The van der Waals surface area contributed by atoms with Gasteiger partial charge in [0.05, 0.1) is 22.2 Å². The van der Waals surface area contributed by atoms with Crippen LogP contribution in [0.15, 0.2) is 94.8 Å². The van der Waals surface area contributed by atoms with Gasteiger partial charge in [-0.15, -0.1) is 0 Å². The lowest BCUT2D eigenvalue weighted by molar-refractivity contribution is 0.250. The number of imidazole rings is 1. The Morgan fingerprint density at radius 1 is 0.818 bits per heavy atom. The van der Waals surface area contributed by atoms with Crippen LogP contribution in [0.3, 0.4) is 0 Å². The monoisotopic (exact) mass is 585 g/mol. The van der Waals surface area contributed by atoms with Crippen molar-refractivity contribution in [3.8, 4) is 11.4 Å². The predicted octanol–water partition coefficient (Wildman–Crippen LogP) is 4.76. The number of anilines is 1. The number of nitrogens with one attached hydrogen (secondary N) is 2. The minimum atomic E-state index is -0.596. The zero-order chi connectivity index (χ0) is 30.0. The molecule has 2 N–H and O–H groups in total. The molecule has 3 aromatic carbocycles. The molecular weight excluding hydrogens is 550 g/mol. The Kier molecular flexibility index (Phi) is 7.54. The van der Waals surface area contributed by atoms with Crippen LogP contribution >= 0.6 is 0 Å². The molecule has 0 saturated carbocycles. The van der Waals surface area contributed by atoms with E-state index in [1.54, 1.807) is 17.0 Å². The van der Waals surface area contributed by atoms with Crippen molar-refractivity contribution in [1.82, 2.24) is 29.4 Å². The summed E-state index contributed by atoms with van der Waals surface area (Å²) < 4.78 is 1.60. The van der Waals surface area contributed by atoms with Gasteiger partial charge in [0.1, 0.15) is 11.3 Å². The van der Waals surface area contributed by atoms with Crippen molar-refractivity contribution in [2.45, 2.75) is 32.9 Å². The fourth-order valence-electron chi connectivity index (χ4n) is 6.13. The summed E-state index contributed by atoms with van der Waals surface area (Å²) in [4.78, 5) is 45.5. The number of aryl methyl sites for hydroxylation is 3. The van der Waals surface area contributed by atoms with Crippen LogP contribution in [0.4, 0.5) is 5.69 Å². The zero-order valence-electron chi connectivity index (χ0n) is 24.8. The summed E-state index contributed by atoms with van der Waals surface area (Å²) in [6, 6.07) is 24.8. The Balaban J connectivity index is 1.07. The molecule has 4 heterocycles. The van der Waals surface area contributed by atoms with Gasteiger partial charge in [0.15, 0.2) is 0 Å². The van der Waals surface area contributed by atoms with Crippen LogP contribution in [0.2, 0.25) is 0 Å². The number of pyridine rings is 1. The SMILES string of the molecule is CCc1ccc(-c2nc3c(N4CCN(Cc5ccc6[nH]c(=O)c(=O)n(CCc7cccnc7)c6c5)CC4)cccc3[nH]2)cc1. The molecule has 1 saturated heterocycles. The van der Waals surface area contributed by atoms with Crippen molar-refractivity contribution < 1.29 is 0 Å². The number of rotatable bonds is 8. The summed E-state index contributed by atoms with van der Waals surface area (Å²) >= 11 is 0. The van der Waals surface area contributed by atoms with E-state index in [0.29, 0.717) is 18.5 Å². The second-order valence-electron chi connectivity index (χ2n) is 11.4. The maximum absolute atomic E-state index is 12.9. The highest BCUT2D eigenvalue weighted by atomic mass is 16.2. The van der Waals surface area contributed by atoms with Gasteiger partial charge in [-0.25, -0.2) is 4.98 Å². The molecule has 1 aliphatic heterocycles. The Morgan fingerprint density at radius 2 is 1.64 bits per heavy atom. The number of hydrogen-bond donors (Lipinski definition) is 2. The number of aromatic amines is 2. The van der Waals surface area contributed by atoms with E-state index in [0.717, 1.165) is 83.9 Å². The molecule has 44 heavy (non-hydrogen) atoms. The van der Waals surface area contributed by atoms with E-state index < -0.39 is 11.1 Å². The Bertz CT molecular complexity index is 2040. The summed E-state index contributed by atoms with van der Waals surface area (Å²) in [5.41, 5.74) is 8.04. The molecular formula is C35H35N7O2. The molecule has 6 aromatic rings. The fourth-order valence-corrected chi connectivity index (χ4v) is 6.13. The third-order valence-corrected chi connectivity index (χ3v) is 8.63. The molecule has 1 fully saturated rings. The standard InChI is InChI=1S/C35H35N7O2/c1-2-24-8-11-27(12-9-24)33-37-29-6-3-7-30(32(29)39-33)41-19-17-40(18-20-41)23-26-10-13-28-31(21-26)42(35(44)34(43)38-28)16-14-25-5-4-15-36-22-25/h3-13,15,21-22H,2,14,16-20,23H2,1H3,(H,37,39)(H,38,43). The van der Waals surface area contributed by atoms with Gasteiger partial charge in [0.2, 0.25) is 0 Å². The lowest BCUT2D eigenvalue weighted by Crippen LogP contribution is -2.46. The smallest absolute Gasteiger partial charge is 0.316 e. The number of nitrogens with zero attached hydrogens (tertiary/aromatic N) is 5. The van der Waals surface area contributed by atoms with E-state index in [4.69, 9.17) is 4.98 Å². The largest absolute Gasteiger partial charge is 0.367 e. The first kappa shape index (κ1) is 27.8. The average Bonchev–Trinajstić information content (AvgIpc) is 3.51. The van der Waals surface area contributed by atoms with Crippen molar-refractivity contribution in [1.29, 1.82) is 0 Å². The summed E-state index contributed by atoms with van der Waals surface area (Å²) in [5.74, 6) is 0.894. The average molecular weight is 586 g/mol. The lowest BCUT2D eigenvalue weighted by atomic mass is 10.1. The van der Waals surface area contributed by atoms with Gasteiger partial charge in [-0.3, -0.25) is 19.5 Å². The molecule has 0 amide bonds. The molecule has 9 nitrogen and oxygen atoms in total. The first-order chi connectivity index (χ1) is 21.6. The Hall–Kier alpha value is -5.02. The van der Waals surface area contributed by atoms with Crippen molar-refractivity contribution in [3.63, 3.8) is 0 Å². The van der Waals surface area contributed by atoms with Gasteiger partial charge in [-0.2, -0.15) is 0 Å². The van der Waals surface area contributed by atoms with Gasteiger partial charge in [-0.05, 0) is 59.9 Å². The number of para-hydroxylation sites is 1. The number of H-pyrrole nitrogens is 2. The van der Waals surface area contributed by atoms with Crippen LogP contribution in [0, 0.1) is 0 Å². The maximum Gasteiger partial charge on any atom is 0.316 e. The molecule has 222 valence electrons. The molecule has 9 heteroatoms. The van der Waals surface area contributed by atoms with Crippen molar-refractivity contribution in [3.05, 3.63) is 123 Å². The predicted molar refractivity (Wildman–Crippen MR) is 175 cm³/mol. The van der Waals surface area contributed by atoms with Gasteiger partial charge in [-0.1, -0.05) is 49.4 Å². The summed E-state index contributed by atoms with van der Waals surface area (Å²) in [6.07, 6.45) is 5.16. The van der Waals surface area contributed by atoms with Crippen LogP contribution in [0.1, 0.15) is 23.6 Å². The number of fused-ring (bicyclic) bond motifs is 2. The highest BCUT2D eigenvalue weighted by Gasteiger charge is 2.21. The minimum Gasteiger partial charge on any atom is -0.367 e. The number of benzene rings is 3. The van der Waals surface area contributed by atoms with Gasteiger partial charge in [0, 0.05) is 57.2 Å². The van der Waals surface area contributed by atoms with Gasteiger partial charge < -0.3 is 19.4 Å². The molecule has 0 spiro atoms. The second kappa shape index (κ2) is 11.9. The molecule has 0 aliphatic carbocycles. The van der Waals surface area contributed by atoms with E-state index in [1.165, 1.54) is 5.56 Å². The zero-order valence-corrected chi connectivity index (χ0v) is 24.8. The summed E-state index contributed by atoms with van der Waals surface area (Å²) in [6.45, 7) is 6.94. The van der Waals surface area contributed by atoms with Crippen molar-refractivity contribution in [2.75, 3.05) is 31.1 Å². The van der Waals surface area contributed by atoms with E-state index in [9.17, 15) is 9.59 Å². The highest BCUT2D eigenvalue weighted by Crippen LogP contribution is 2.29. The van der Waals surface area contributed by atoms with E-state index in [-0.39, 0.29) is 0 Å². The molecule has 0 atom stereocenters. The van der Waals surface area contributed by atoms with Gasteiger partial charge >= 0.3 is 11.1 Å². The van der Waals surface area contributed by atoms with Crippen LogP contribution < -0.4 is 16.0 Å². The number of hydrogen-bond acceptors (Lipinski definition) is 6. The van der Waals surface area contributed by atoms with Gasteiger partial charge in [0.25, 0.3) is 0 Å². The summed E-state index contributed by atoms with van der Waals surface area (Å²) in [7, 11) is 0. The summed E-state index contributed by atoms with van der Waals surface area (Å²) in [5, 5.41) is 0. The number of aromatic nitrogens is 5. The van der Waals surface area contributed by atoms with E-state index in [2.05, 4.69) is 74.1 Å². The molecule has 0 bridgehead atoms. The van der Waals surface area contributed by atoms with Crippen LogP contribution in [-0.4, -0.2) is 55.6 Å². The highest BCUT2D eigenvalue weighted by molar-refractivity contribution is 5.91. The first-order valence-corrected chi connectivity index (χ1v) is 15.3. The second-order valence-corrected chi connectivity index (χ2v) is 11.4. The van der Waals surface area contributed by atoms with Crippen molar-refractivity contribution >= 4 is 27.8 Å². The Labute approximate surface area is 254 Å². The lowest BCUT2D eigenvalue weighted by Gasteiger charge is -2.36. The van der Waals surface area contributed by atoms with Crippen LogP contribution in [0.5, 0.6) is 0 Å². The minimum absolute atomic E-state index is 0.414. The first-order valence-electron chi connectivity index (χ1n) is 15.3. The topological polar surface area (TPSA) is 103 Å². The van der Waals surface area contributed by atoms with Crippen LogP contribution in [0.25, 0.3) is 33.5 Å². The maximum atomic E-state index is 12.9. The van der Waals surface area contributed by atoms with Crippen molar-refractivity contribution in [2.24, 2.45) is 0 Å². The molecule has 0 radical (unpaired) electrons. The van der Waals surface area contributed by atoms with Crippen LogP contribution in [-0.2, 0) is 25.9 Å². The molecule has 0 unspecified atom stereocenters. The molecule has 1 aliphatic rings. The number of piperazine rings is 1. The third-order valence-electron chi connectivity index (χ3n) is 8.63. The quantitative estimate of drug-likeness (QED) is 0.250. The molecule has 3 aromatic heterocycles. The molecule has 7 rings (SSSR count).